The maximum Gasteiger partial charge on any atom is 0.306 e. The number of rotatable bonds is 46. The van der Waals surface area contributed by atoms with Crippen molar-refractivity contribution < 1.29 is 23.8 Å². The minimum absolute atomic E-state index is 0.0881. The van der Waals surface area contributed by atoms with Crippen LogP contribution in [0.4, 0.5) is 0 Å². The van der Waals surface area contributed by atoms with Gasteiger partial charge in [0.15, 0.2) is 6.10 Å². The lowest BCUT2D eigenvalue weighted by molar-refractivity contribution is -0.163. The van der Waals surface area contributed by atoms with E-state index in [9.17, 15) is 9.59 Å². The summed E-state index contributed by atoms with van der Waals surface area (Å²) in [6.45, 7) is 7.82. The summed E-state index contributed by atoms with van der Waals surface area (Å²) < 4.78 is 17.3. The SMILES string of the molecule is CCCCC/C=C\C/C=C\CCCCCCCCCC(=O)OCC(COCCCCCCCCCCCCCCCC)OC(=O)CCCCCCCCCCC. The lowest BCUT2D eigenvalue weighted by Crippen LogP contribution is -2.30. The van der Waals surface area contributed by atoms with Gasteiger partial charge in [0.05, 0.1) is 6.61 Å². The molecule has 0 radical (unpaired) electrons. The Kier molecular flexibility index (Phi) is 46.4. The Hall–Kier alpha value is -1.62. The Labute approximate surface area is 349 Å². The lowest BCUT2D eigenvalue weighted by atomic mass is 10.0. The topological polar surface area (TPSA) is 61.8 Å². The van der Waals surface area contributed by atoms with E-state index in [0.717, 1.165) is 44.9 Å². The molecule has 0 saturated heterocycles. The Bertz CT molecular complexity index is 851. The fraction of sp³-hybridized carbons (Fsp3) is 0.882. The molecule has 0 aromatic rings. The zero-order valence-corrected chi connectivity index (χ0v) is 37.9. The van der Waals surface area contributed by atoms with Crippen molar-refractivity contribution >= 4 is 11.9 Å². The highest BCUT2D eigenvalue weighted by atomic mass is 16.6. The third kappa shape index (κ3) is 45.1. The molecular formula is C51H96O5. The third-order valence-electron chi connectivity index (χ3n) is 11.0. The number of carbonyl (C=O) groups excluding carboxylic acids is 2. The molecule has 5 heteroatoms. The molecule has 56 heavy (non-hydrogen) atoms. The van der Waals surface area contributed by atoms with E-state index in [1.807, 2.05) is 0 Å². The van der Waals surface area contributed by atoms with Gasteiger partial charge in [0.25, 0.3) is 0 Å². The summed E-state index contributed by atoms with van der Waals surface area (Å²) in [5.41, 5.74) is 0. The van der Waals surface area contributed by atoms with Gasteiger partial charge in [-0.15, -0.1) is 0 Å². The predicted octanol–water partition coefficient (Wildman–Crippen LogP) is 16.5. The van der Waals surface area contributed by atoms with Crippen LogP contribution in [0.25, 0.3) is 0 Å². The van der Waals surface area contributed by atoms with Gasteiger partial charge in [-0.3, -0.25) is 9.59 Å². The van der Waals surface area contributed by atoms with Gasteiger partial charge in [0.1, 0.15) is 6.61 Å². The van der Waals surface area contributed by atoms with E-state index in [2.05, 4.69) is 45.1 Å². The molecule has 0 bridgehead atoms. The lowest BCUT2D eigenvalue weighted by Gasteiger charge is -2.18. The Morgan fingerprint density at radius 1 is 0.393 bits per heavy atom. The van der Waals surface area contributed by atoms with Gasteiger partial charge < -0.3 is 14.2 Å². The molecule has 0 aliphatic carbocycles. The molecule has 0 fully saturated rings. The van der Waals surface area contributed by atoms with E-state index in [0.29, 0.717) is 26.1 Å². The summed E-state index contributed by atoms with van der Waals surface area (Å²) in [4.78, 5) is 25.3. The number of carbonyl (C=O) groups is 2. The van der Waals surface area contributed by atoms with Crippen LogP contribution < -0.4 is 0 Å². The zero-order valence-electron chi connectivity index (χ0n) is 37.9. The smallest absolute Gasteiger partial charge is 0.306 e. The van der Waals surface area contributed by atoms with Gasteiger partial charge in [-0.1, -0.05) is 225 Å². The van der Waals surface area contributed by atoms with E-state index < -0.39 is 6.10 Å². The zero-order chi connectivity index (χ0) is 40.7. The first-order chi connectivity index (χ1) is 27.6. The summed E-state index contributed by atoms with van der Waals surface area (Å²) in [6.07, 6.45) is 54.6. The monoisotopic (exact) mass is 789 g/mol. The molecule has 0 aliphatic rings. The van der Waals surface area contributed by atoms with Crippen LogP contribution in [-0.2, 0) is 23.8 Å². The summed E-state index contributed by atoms with van der Waals surface area (Å²) >= 11 is 0. The standard InChI is InChI=1S/C51H96O5/c1-4-7-10-13-16-19-21-23-25-26-27-28-30-33-35-38-41-44-50(52)55-48-49(56-51(53)45-42-39-36-32-18-15-12-9-6-3)47-54-46-43-40-37-34-31-29-24-22-20-17-14-11-8-5-2/h16,19,23,25,49H,4-15,17-18,20-22,24,26-48H2,1-3H3/b19-16-,25-23-. The fourth-order valence-corrected chi connectivity index (χ4v) is 7.25. The van der Waals surface area contributed by atoms with Crippen molar-refractivity contribution in [2.45, 2.75) is 271 Å². The molecule has 0 rings (SSSR count). The van der Waals surface area contributed by atoms with Crippen molar-refractivity contribution in [2.24, 2.45) is 0 Å². The Balaban J connectivity index is 4.16. The van der Waals surface area contributed by atoms with Crippen molar-refractivity contribution in [2.75, 3.05) is 19.8 Å². The number of hydrogen-bond acceptors (Lipinski definition) is 5. The molecule has 0 N–H and O–H groups in total. The molecule has 0 spiro atoms. The van der Waals surface area contributed by atoms with Crippen LogP contribution in [0.3, 0.4) is 0 Å². The third-order valence-corrected chi connectivity index (χ3v) is 11.0. The number of unbranched alkanes of at least 4 members (excludes halogenated alkanes) is 31. The first-order valence-corrected chi connectivity index (χ1v) is 24.9. The van der Waals surface area contributed by atoms with Crippen LogP contribution in [0.5, 0.6) is 0 Å². The van der Waals surface area contributed by atoms with Crippen molar-refractivity contribution in [1.82, 2.24) is 0 Å². The number of hydrogen-bond donors (Lipinski definition) is 0. The van der Waals surface area contributed by atoms with Crippen LogP contribution in [0.15, 0.2) is 24.3 Å². The van der Waals surface area contributed by atoms with Gasteiger partial charge in [-0.05, 0) is 51.4 Å². The fourth-order valence-electron chi connectivity index (χ4n) is 7.25. The number of allylic oxidation sites excluding steroid dienone is 4. The number of ether oxygens (including phenoxy) is 3. The van der Waals surface area contributed by atoms with E-state index in [-0.39, 0.29) is 18.5 Å². The van der Waals surface area contributed by atoms with Gasteiger partial charge in [-0.2, -0.15) is 0 Å². The summed E-state index contributed by atoms with van der Waals surface area (Å²) in [6, 6.07) is 0. The molecular weight excluding hydrogens is 693 g/mol. The average molecular weight is 789 g/mol. The molecule has 0 heterocycles. The largest absolute Gasteiger partial charge is 0.462 e. The molecule has 330 valence electrons. The van der Waals surface area contributed by atoms with Crippen molar-refractivity contribution in [3.63, 3.8) is 0 Å². The second kappa shape index (κ2) is 47.8. The summed E-state index contributed by atoms with van der Waals surface area (Å²) in [7, 11) is 0. The van der Waals surface area contributed by atoms with Crippen molar-refractivity contribution in [3.05, 3.63) is 24.3 Å². The van der Waals surface area contributed by atoms with Crippen LogP contribution in [0, 0.1) is 0 Å². The average Bonchev–Trinajstić information content (AvgIpc) is 3.20. The molecule has 5 nitrogen and oxygen atoms in total. The molecule has 0 aromatic heterocycles. The molecule has 0 aromatic carbocycles. The summed E-state index contributed by atoms with van der Waals surface area (Å²) in [5.74, 6) is -0.394. The number of esters is 2. The maximum absolute atomic E-state index is 12.7. The van der Waals surface area contributed by atoms with E-state index in [1.165, 1.54) is 186 Å². The van der Waals surface area contributed by atoms with Gasteiger partial charge in [0, 0.05) is 19.4 Å². The molecule has 0 aliphatic heterocycles. The van der Waals surface area contributed by atoms with Crippen molar-refractivity contribution in [3.8, 4) is 0 Å². The normalized spacial score (nSPS) is 12.3. The van der Waals surface area contributed by atoms with E-state index in [1.54, 1.807) is 0 Å². The van der Waals surface area contributed by atoms with Gasteiger partial charge >= 0.3 is 11.9 Å². The van der Waals surface area contributed by atoms with E-state index >= 15 is 0 Å². The van der Waals surface area contributed by atoms with E-state index in [4.69, 9.17) is 14.2 Å². The quantitative estimate of drug-likeness (QED) is 0.0349. The first kappa shape index (κ1) is 54.4. The van der Waals surface area contributed by atoms with Crippen LogP contribution in [0.2, 0.25) is 0 Å². The van der Waals surface area contributed by atoms with Crippen LogP contribution in [0.1, 0.15) is 265 Å². The highest BCUT2D eigenvalue weighted by Crippen LogP contribution is 2.15. The minimum Gasteiger partial charge on any atom is -0.462 e. The predicted molar refractivity (Wildman–Crippen MR) is 242 cm³/mol. The highest BCUT2D eigenvalue weighted by Gasteiger charge is 2.17. The minimum atomic E-state index is -0.529. The second-order valence-electron chi connectivity index (χ2n) is 16.7. The Morgan fingerprint density at radius 2 is 0.750 bits per heavy atom. The van der Waals surface area contributed by atoms with Gasteiger partial charge in [-0.25, -0.2) is 0 Å². The van der Waals surface area contributed by atoms with Crippen molar-refractivity contribution in [1.29, 1.82) is 0 Å². The summed E-state index contributed by atoms with van der Waals surface area (Å²) in [5, 5.41) is 0. The second-order valence-corrected chi connectivity index (χ2v) is 16.7. The Morgan fingerprint density at radius 3 is 1.21 bits per heavy atom. The molecule has 1 unspecified atom stereocenters. The molecule has 0 amide bonds. The molecule has 1 atom stereocenters. The van der Waals surface area contributed by atoms with Gasteiger partial charge in [0.2, 0.25) is 0 Å². The highest BCUT2D eigenvalue weighted by molar-refractivity contribution is 5.70. The van der Waals surface area contributed by atoms with Crippen LogP contribution in [-0.4, -0.2) is 37.9 Å². The molecule has 0 saturated carbocycles. The van der Waals surface area contributed by atoms with Crippen LogP contribution >= 0.6 is 0 Å². The first-order valence-electron chi connectivity index (χ1n) is 24.9. The maximum atomic E-state index is 12.7.